The topological polar surface area (TPSA) is 52.3 Å². The number of Topliss-reactive ketones (excluding diaryl/α,β-unsaturated/α-hetero) is 1. The van der Waals surface area contributed by atoms with Gasteiger partial charge in [0.2, 0.25) is 0 Å². The van der Waals surface area contributed by atoms with Crippen LogP contribution in [0.2, 0.25) is 0 Å². The molecule has 0 amide bonds. The van der Waals surface area contributed by atoms with E-state index in [4.69, 9.17) is 10.5 Å². The van der Waals surface area contributed by atoms with Crippen LogP contribution in [0, 0.1) is 0 Å². The van der Waals surface area contributed by atoms with E-state index in [9.17, 15) is 4.79 Å². The molecule has 0 radical (unpaired) electrons. The summed E-state index contributed by atoms with van der Waals surface area (Å²) in [4.78, 5) is 11.7. The zero-order chi connectivity index (χ0) is 16.2. The fourth-order valence-electron chi connectivity index (χ4n) is 2.40. The van der Waals surface area contributed by atoms with Gasteiger partial charge in [-0.05, 0) is 37.6 Å². The lowest BCUT2D eigenvalue weighted by atomic mass is 10.1. The molecule has 124 valence electrons. The van der Waals surface area contributed by atoms with Crippen molar-refractivity contribution in [3.63, 3.8) is 0 Å². The maximum Gasteiger partial charge on any atom is 0.179 e. The lowest BCUT2D eigenvalue weighted by Crippen LogP contribution is -2.26. The first-order chi connectivity index (χ1) is 10.6. The van der Waals surface area contributed by atoms with Gasteiger partial charge in [-0.2, -0.15) is 0 Å². The molecule has 0 aliphatic carbocycles. The number of carbonyl (C=O) groups is 1. The minimum Gasteiger partial charge on any atom is -0.494 e. The molecule has 3 nitrogen and oxygen atoms in total. The Morgan fingerprint density at radius 3 is 2.09 bits per heavy atom. The summed E-state index contributed by atoms with van der Waals surface area (Å²) in [6.45, 7) is 4.70. The highest BCUT2D eigenvalue weighted by molar-refractivity contribution is 5.99. The highest BCUT2D eigenvalue weighted by Gasteiger charge is 2.10. The van der Waals surface area contributed by atoms with Gasteiger partial charge in [0, 0.05) is 5.56 Å². The van der Waals surface area contributed by atoms with Crippen LogP contribution in [0.15, 0.2) is 24.3 Å². The Hall–Kier alpha value is -1.35. The summed E-state index contributed by atoms with van der Waals surface area (Å²) in [6.07, 6.45) is 10.4. The summed E-state index contributed by atoms with van der Waals surface area (Å²) in [5, 5.41) is 0. The van der Waals surface area contributed by atoms with Crippen molar-refractivity contribution in [2.75, 3.05) is 6.61 Å². The number of rotatable bonds is 12. The van der Waals surface area contributed by atoms with Gasteiger partial charge in [0.1, 0.15) is 5.75 Å². The molecular formula is C19H31NO2. The quantitative estimate of drug-likeness (QED) is 0.448. The first-order valence-corrected chi connectivity index (χ1v) is 8.67. The summed E-state index contributed by atoms with van der Waals surface area (Å²) in [6, 6.07) is 6.81. The molecule has 1 rings (SSSR count). The molecule has 0 bridgehead atoms. The molecule has 2 N–H and O–H groups in total. The van der Waals surface area contributed by atoms with Crippen molar-refractivity contribution in [1.82, 2.24) is 0 Å². The van der Waals surface area contributed by atoms with E-state index in [0.717, 1.165) is 18.8 Å². The molecule has 1 aromatic rings. The molecule has 22 heavy (non-hydrogen) atoms. The Bertz CT molecular complexity index is 412. The molecule has 3 heteroatoms. The second-order valence-electron chi connectivity index (χ2n) is 6.00. The Balaban J connectivity index is 2.11. The monoisotopic (exact) mass is 305 g/mol. The van der Waals surface area contributed by atoms with Crippen molar-refractivity contribution in [2.24, 2.45) is 5.73 Å². The molecule has 1 unspecified atom stereocenters. The van der Waals surface area contributed by atoms with Crippen LogP contribution < -0.4 is 10.5 Å². The summed E-state index contributed by atoms with van der Waals surface area (Å²) in [5.74, 6) is 0.791. The van der Waals surface area contributed by atoms with Crippen molar-refractivity contribution in [3.05, 3.63) is 29.8 Å². The van der Waals surface area contributed by atoms with Gasteiger partial charge < -0.3 is 10.5 Å². The molecule has 0 fully saturated rings. The lowest BCUT2D eigenvalue weighted by Gasteiger charge is -2.08. The van der Waals surface area contributed by atoms with Crippen LogP contribution >= 0.6 is 0 Å². The summed E-state index contributed by atoms with van der Waals surface area (Å²) >= 11 is 0. The fraction of sp³-hybridized carbons (Fsp3) is 0.632. The maximum atomic E-state index is 11.7. The van der Waals surface area contributed by atoms with E-state index >= 15 is 0 Å². The van der Waals surface area contributed by atoms with E-state index in [0.29, 0.717) is 5.56 Å². The third-order valence-corrected chi connectivity index (χ3v) is 3.82. The second-order valence-corrected chi connectivity index (χ2v) is 6.00. The molecule has 0 heterocycles. The molecule has 0 aromatic heterocycles. The Labute approximate surface area is 135 Å². The number of nitrogens with two attached hydrogens (primary N) is 1. The van der Waals surface area contributed by atoms with Gasteiger partial charge >= 0.3 is 0 Å². The average Bonchev–Trinajstić information content (AvgIpc) is 2.53. The van der Waals surface area contributed by atoms with Crippen LogP contribution in [0.5, 0.6) is 5.75 Å². The van der Waals surface area contributed by atoms with E-state index in [1.54, 1.807) is 19.1 Å². The maximum absolute atomic E-state index is 11.7. The normalized spacial score (nSPS) is 12.1. The van der Waals surface area contributed by atoms with Crippen molar-refractivity contribution < 1.29 is 9.53 Å². The van der Waals surface area contributed by atoms with E-state index in [1.165, 1.54) is 44.9 Å². The van der Waals surface area contributed by atoms with Crippen molar-refractivity contribution >= 4 is 5.78 Å². The van der Waals surface area contributed by atoms with Crippen LogP contribution in [0.1, 0.15) is 75.6 Å². The zero-order valence-electron chi connectivity index (χ0n) is 14.1. The van der Waals surface area contributed by atoms with Crippen LogP contribution in [0.3, 0.4) is 0 Å². The minimum absolute atomic E-state index is 0.0328. The highest BCUT2D eigenvalue weighted by atomic mass is 16.5. The predicted molar refractivity (Wildman–Crippen MR) is 92.5 cm³/mol. The molecule has 0 spiro atoms. The third kappa shape index (κ3) is 7.60. The van der Waals surface area contributed by atoms with Crippen molar-refractivity contribution in [1.29, 1.82) is 0 Å². The highest BCUT2D eigenvalue weighted by Crippen LogP contribution is 2.14. The van der Waals surface area contributed by atoms with Crippen molar-refractivity contribution in [2.45, 2.75) is 71.3 Å². The number of unbranched alkanes of at least 4 members (excludes halogenated alkanes) is 7. The van der Waals surface area contributed by atoms with Gasteiger partial charge in [-0.1, -0.05) is 51.9 Å². The molecule has 0 saturated heterocycles. The van der Waals surface area contributed by atoms with Gasteiger partial charge in [-0.25, -0.2) is 0 Å². The number of hydrogen-bond acceptors (Lipinski definition) is 3. The number of ketones is 1. The number of benzene rings is 1. The van der Waals surface area contributed by atoms with E-state index < -0.39 is 6.04 Å². The molecule has 0 aliphatic heterocycles. The number of carbonyl (C=O) groups excluding carboxylic acids is 1. The molecule has 1 aromatic carbocycles. The Kier molecular flexibility index (Phi) is 9.56. The smallest absolute Gasteiger partial charge is 0.179 e. The fourth-order valence-corrected chi connectivity index (χ4v) is 2.40. The average molecular weight is 305 g/mol. The molecule has 0 aliphatic rings. The Morgan fingerprint density at radius 1 is 1.00 bits per heavy atom. The van der Waals surface area contributed by atoms with Crippen molar-refractivity contribution in [3.8, 4) is 5.75 Å². The lowest BCUT2D eigenvalue weighted by molar-refractivity contribution is 0.0968. The first kappa shape index (κ1) is 18.7. The third-order valence-electron chi connectivity index (χ3n) is 3.82. The van der Waals surface area contributed by atoms with Crippen LogP contribution in [0.25, 0.3) is 0 Å². The summed E-state index contributed by atoms with van der Waals surface area (Å²) in [7, 11) is 0. The van der Waals surface area contributed by atoms with Gasteiger partial charge in [0.05, 0.1) is 12.6 Å². The summed E-state index contributed by atoms with van der Waals surface area (Å²) < 4.78 is 5.70. The van der Waals surface area contributed by atoms with Crippen LogP contribution in [-0.4, -0.2) is 18.4 Å². The Morgan fingerprint density at radius 2 is 1.55 bits per heavy atom. The zero-order valence-corrected chi connectivity index (χ0v) is 14.1. The van der Waals surface area contributed by atoms with Gasteiger partial charge in [-0.3, -0.25) is 4.79 Å². The van der Waals surface area contributed by atoms with E-state index in [1.807, 2.05) is 12.1 Å². The standard InChI is InChI=1S/C19H31NO2/c1-3-4-5-6-7-8-9-10-15-22-18-13-11-17(12-14-18)19(21)16(2)20/h11-14,16H,3-10,15,20H2,1-2H3. The van der Waals surface area contributed by atoms with E-state index in [-0.39, 0.29) is 5.78 Å². The SMILES string of the molecule is CCCCCCCCCCOc1ccc(C(=O)C(C)N)cc1. The molecule has 1 atom stereocenters. The van der Waals surface area contributed by atoms with Gasteiger partial charge in [-0.15, -0.1) is 0 Å². The largest absolute Gasteiger partial charge is 0.494 e. The molecule has 0 saturated carbocycles. The minimum atomic E-state index is -0.455. The van der Waals surface area contributed by atoms with Crippen LogP contribution in [0.4, 0.5) is 0 Å². The van der Waals surface area contributed by atoms with Gasteiger partial charge in [0.25, 0.3) is 0 Å². The number of ether oxygens (including phenoxy) is 1. The summed E-state index contributed by atoms with van der Waals surface area (Å²) in [5.41, 5.74) is 6.24. The molecular weight excluding hydrogens is 274 g/mol. The number of hydrogen-bond donors (Lipinski definition) is 1. The van der Waals surface area contributed by atoms with E-state index in [2.05, 4.69) is 6.92 Å². The van der Waals surface area contributed by atoms with Crippen LogP contribution in [-0.2, 0) is 0 Å². The predicted octanol–water partition coefficient (Wildman–Crippen LogP) is 4.74. The van der Waals surface area contributed by atoms with Gasteiger partial charge in [0.15, 0.2) is 5.78 Å². The second kappa shape index (κ2) is 11.2. The first-order valence-electron chi connectivity index (χ1n) is 8.67.